The number of benzene rings is 1. The van der Waals surface area contributed by atoms with Crippen LogP contribution >= 0.6 is 0 Å². The van der Waals surface area contributed by atoms with Gasteiger partial charge in [-0.3, -0.25) is 4.98 Å². The lowest BCUT2D eigenvalue weighted by molar-refractivity contribution is -0.130. The Morgan fingerprint density at radius 3 is 2.75 bits per heavy atom. The SMILES string of the molecule is C=C(C(=O)O)c1cc(C)nc2ccccc12. The predicted molar refractivity (Wildman–Crippen MR) is 63.1 cm³/mol. The third-order valence-corrected chi connectivity index (χ3v) is 2.43. The highest BCUT2D eigenvalue weighted by Gasteiger charge is 2.11. The van der Waals surface area contributed by atoms with Gasteiger partial charge in [-0.05, 0) is 24.6 Å². The average molecular weight is 213 g/mol. The van der Waals surface area contributed by atoms with E-state index in [4.69, 9.17) is 5.11 Å². The molecule has 16 heavy (non-hydrogen) atoms. The fourth-order valence-corrected chi connectivity index (χ4v) is 1.67. The molecule has 0 bridgehead atoms. The van der Waals surface area contributed by atoms with Gasteiger partial charge in [0.25, 0.3) is 0 Å². The molecular formula is C13H11NO2. The number of nitrogens with zero attached hydrogens (tertiary/aromatic N) is 1. The van der Waals surface area contributed by atoms with Crippen molar-refractivity contribution >= 4 is 22.4 Å². The highest BCUT2D eigenvalue weighted by Crippen LogP contribution is 2.23. The molecule has 0 unspecified atom stereocenters. The van der Waals surface area contributed by atoms with Gasteiger partial charge in [0.15, 0.2) is 0 Å². The van der Waals surface area contributed by atoms with Crippen molar-refractivity contribution in [2.75, 3.05) is 0 Å². The van der Waals surface area contributed by atoms with Crippen LogP contribution in [0, 0.1) is 6.92 Å². The van der Waals surface area contributed by atoms with E-state index in [0.717, 1.165) is 16.6 Å². The van der Waals surface area contributed by atoms with Crippen LogP contribution in [0.3, 0.4) is 0 Å². The van der Waals surface area contributed by atoms with Gasteiger partial charge in [-0.1, -0.05) is 24.8 Å². The summed E-state index contributed by atoms with van der Waals surface area (Å²) in [5, 5.41) is 9.79. The van der Waals surface area contributed by atoms with Crippen molar-refractivity contribution in [1.29, 1.82) is 0 Å². The number of carboxylic acid groups (broad SMARTS) is 1. The maximum Gasteiger partial charge on any atom is 0.335 e. The quantitative estimate of drug-likeness (QED) is 0.780. The second-order valence-electron chi connectivity index (χ2n) is 3.61. The van der Waals surface area contributed by atoms with Crippen LogP contribution in [-0.4, -0.2) is 16.1 Å². The molecule has 0 spiro atoms. The molecule has 0 saturated carbocycles. The van der Waals surface area contributed by atoms with Crippen LogP contribution < -0.4 is 0 Å². The highest BCUT2D eigenvalue weighted by atomic mass is 16.4. The van der Waals surface area contributed by atoms with Crippen LogP contribution in [0.5, 0.6) is 0 Å². The third kappa shape index (κ3) is 1.67. The van der Waals surface area contributed by atoms with Gasteiger partial charge in [0.1, 0.15) is 0 Å². The van der Waals surface area contributed by atoms with Gasteiger partial charge in [0, 0.05) is 11.1 Å². The van der Waals surface area contributed by atoms with E-state index in [2.05, 4.69) is 11.6 Å². The molecule has 0 aliphatic carbocycles. The predicted octanol–water partition coefficient (Wildman–Crippen LogP) is 2.64. The van der Waals surface area contributed by atoms with Crippen molar-refractivity contribution in [2.45, 2.75) is 6.92 Å². The first-order chi connectivity index (χ1) is 7.59. The molecular weight excluding hydrogens is 202 g/mol. The highest BCUT2D eigenvalue weighted by molar-refractivity contribution is 6.18. The van der Waals surface area contributed by atoms with Gasteiger partial charge < -0.3 is 5.11 Å². The lowest BCUT2D eigenvalue weighted by Crippen LogP contribution is -2.00. The lowest BCUT2D eigenvalue weighted by atomic mass is 10.0. The van der Waals surface area contributed by atoms with Crippen LogP contribution in [-0.2, 0) is 4.79 Å². The lowest BCUT2D eigenvalue weighted by Gasteiger charge is -2.07. The standard InChI is InChI=1S/C13H11NO2/c1-8-7-11(9(2)13(15)16)10-5-3-4-6-12(10)14-8/h3-7H,2H2,1H3,(H,15,16). The monoisotopic (exact) mass is 213 g/mol. The van der Waals surface area contributed by atoms with E-state index in [0.29, 0.717) is 5.56 Å². The van der Waals surface area contributed by atoms with Gasteiger partial charge in [-0.2, -0.15) is 0 Å². The molecule has 0 saturated heterocycles. The summed E-state index contributed by atoms with van der Waals surface area (Å²) >= 11 is 0. The summed E-state index contributed by atoms with van der Waals surface area (Å²) in [4.78, 5) is 15.3. The molecule has 2 aromatic rings. The van der Waals surface area contributed by atoms with E-state index in [1.54, 1.807) is 6.07 Å². The zero-order chi connectivity index (χ0) is 11.7. The molecule has 0 aliphatic heterocycles. The number of carbonyl (C=O) groups is 1. The fourth-order valence-electron chi connectivity index (χ4n) is 1.67. The number of pyridine rings is 1. The zero-order valence-electron chi connectivity index (χ0n) is 8.90. The van der Waals surface area contributed by atoms with E-state index in [9.17, 15) is 4.79 Å². The molecule has 1 aromatic heterocycles. The van der Waals surface area contributed by atoms with Gasteiger partial charge in [0.2, 0.25) is 0 Å². The van der Waals surface area contributed by atoms with Crippen LogP contribution in [0.15, 0.2) is 36.9 Å². The number of hydrogen-bond acceptors (Lipinski definition) is 2. The van der Waals surface area contributed by atoms with Crippen molar-refractivity contribution in [3.63, 3.8) is 0 Å². The van der Waals surface area contributed by atoms with Crippen molar-refractivity contribution in [3.8, 4) is 0 Å². The first-order valence-corrected chi connectivity index (χ1v) is 4.88. The van der Waals surface area contributed by atoms with Crippen LogP contribution in [0.2, 0.25) is 0 Å². The summed E-state index contributed by atoms with van der Waals surface area (Å²) in [6, 6.07) is 9.20. The normalized spacial score (nSPS) is 10.3. The summed E-state index contributed by atoms with van der Waals surface area (Å²) in [5.74, 6) is -1.00. The minimum atomic E-state index is -1.00. The van der Waals surface area contributed by atoms with Gasteiger partial charge in [-0.25, -0.2) is 4.79 Å². The third-order valence-electron chi connectivity index (χ3n) is 2.43. The van der Waals surface area contributed by atoms with E-state index in [1.165, 1.54) is 0 Å². The molecule has 80 valence electrons. The summed E-state index contributed by atoms with van der Waals surface area (Å²) in [6.07, 6.45) is 0. The Hall–Kier alpha value is -2.16. The van der Waals surface area contributed by atoms with E-state index in [-0.39, 0.29) is 5.57 Å². The maximum absolute atomic E-state index is 10.9. The number of hydrogen-bond donors (Lipinski definition) is 1. The van der Waals surface area contributed by atoms with Crippen LogP contribution in [0.4, 0.5) is 0 Å². The number of fused-ring (bicyclic) bond motifs is 1. The second kappa shape index (κ2) is 3.77. The molecule has 0 aliphatic rings. The first kappa shape index (κ1) is 10.4. The molecule has 3 heteroatoms. The largest absolute Gasteiger partial charge is 0.478 e. The Labute approximate surface area is 93.1 Å². The minimum Gasteiger partial charge on any atom is -0.478 e. The van der Waals surface area contributed by atoms with Crippen molar-refractivity contribution in [3.05, 3.63) is 48.2 Å². The molecule has 1 N–H and O–H groups in total. The van der Waals surface area contributed by atoms with Crippen LogP contribution in [0.25, 0.3) is 16.5 Å². The fraction of sp³-hybridized carbons (Fsp3) is 0.0769. The first-order valence-electron chi connectivity index (χ1n) is 4.88. The number of aliphatic carboxylic acids is 1. The smallest absolute Gasteiger partial charge is 0.335 e. The molecule has 3 nitrogen and oxygen atoms in total. The Bertz CT molecular complexity index is 588. The molecule has 0 amide bonds. The summed E-state index contributed by atoms with van der Waals surface area (Å²) in [5.41, 5.74) is 2.31. The number of rotatable bonds is 2. The molecule has 0 radical (unpaired) electrons. The molecule has 1 heterocycles. The van der Waals surface area contributed by atoms with Gasteiger partial charge in [0.05, 0.1) is 11.1 Å². The zero-order valence-corrected chi connectivity index (χ0v) is 8.90. The Balaban J connectivity index is 2.77. The number of aromatic nitrogens is 1. The Morgan fingerprint density at radius 1 is 1.38 bits per heavy atom. The molecule has 1 aromatic carbocycles. The molecule has 0 fully saturated rings. The van der Waals surface area contributed by atoms with Crippen LogP contribution in [0.1, 0.15) is 11.3 Å². The second-order valence-corrected chi connectivity index (χ2v) is 3.61. The van der Waals surface area contributed by atoms with Crippen molar-refractivity contribution in [2.24, 2.45) is 0 Å². The summed E-state index contributed by atoms with van der Waals surface area (Å²) < 4.78 is 0. The van der Waals surface area contributed by atoms with Gasteiger partial charge in [-0.15, -0.1) is 0 Å². The average Bonchev–Trinajstić information content (AvgIpc) is 2.26. The Morgan fingerprint density at radius 2 is 2.06 bits per heavy atom. The van der Waals surface area contributed by atoms with Gasteiger partial charge >= 0.3 is 5.97 Å². The molecule has 2 rings (SSSR count). The Kier molecular flexibility index (Phi) is 2.44. The van der Waals surface area contributed by atoms with E-state index >= 15 is 0 Å². The topological polar surface area (TPSA) is 50.2 Å². The number of carboxylic acids is 1. The summed E-state index contributed by atoms with van der Waals surface area (Å²) in [7, 11) is 0. The molecule has 0 atom stereocenters. The number of aryl methyl sites for hydroxylation is 1. The van der Waals surface area contributed by atoms with E-state index < -0.39 is 5.97 Å². The van der Waals surface area contributed by atoms with Crippen molar-refractivity contribution in [1.82, 2.24) is 4.98 Å². The van der Waals surface area contributed by atoms with E-state index in [1.807, 2.05) is 31.2 Å². The summed E-state index contributed by atoms with van der Waals surface area (Å²) in [6.45, 7) is 5.43. The minimum absolute atomic E-state index is 0.0988. The number of para-hydroxylation sites is 1. The van der Waals surface area contributed by atoms with Crippen molar-refractivity contribution < 1.29 is 9.90 Å². The maximum atomic E-state index is 10.9.